The standard InChI is InChI=1S/C15H21ClN6O/c1-9(2)22-13(16)11(8-17-22)14(23)18-12-10(3)19-20(4)15(12)21-6-5-7-21/h8-9H,5-7H2,1-4H3,(H,18,23). The number of aryl methyl sites for hydroxylation is 2. The SMILES string of the molecule is Cc1nn(C)c(N2CCC2)c1NC(=O)c1cnn(C(C)C)c1Cl. The third kappa shape index (κ3) is 2.69. The number of amides is 1. The molecule has 0 saturated carbocycles. The van der Waals surface area contributed by atoms with E-state index in [2.05, 4.69) is 20.4 Å². The number of hydrogen-bond donors (Lipinski definition) is 1. The second kappa shape index (κ2) is 5.88. The number of nitrogens with zero attached hydrogens (tertiary/aromatic N) is 5. The van der Waals surface area contributed by atoms with E-state index in [9.17, 15) is 4.79 Å². The van der Waals surface area contributed by atoms with Crippen LogP contribution in [0.2, 0.25) is 5.15 Å². The molecule has 0 radical (unpaired) electrons. The zero-order valence-corrected chi connectivity index (χ0v) is 14.6. The van der Waals surface area contributed by atoms with Crippen LogP contribution in [0.3, 0.4) is 0 Å². The van der Waals surface area contributed by atoms with Crippen molar-refractivity contribution in [2.45, 2.75) is 33.2 Å². The normalized spacial score (nSPS) is 14.3. The highest BCUT2D eigenvalue weighted by Crippen LogP contribution is 2.32. The molecule has 1 amide bonds. The topological polar surface area (TPSA) is 68.0 Å². The van der Waals surface area contributed by atoms with Crippen LogP contribution in [0.1, 0.15) is 42.4 Å². The summed E-state index contributed by atoms with van der Waals surface area (Å²) in [5.41, 5.74) is 1.90. The summed E-state index contributed by atoms with van der Waals surface area (Å²) in [6, 6.07) is 0.0980. The number of aromatic nitrogens is 4. The molecule has 2 aromatic heterocycles. The maximum Gasteiger partial charge on any atom is 0.260 e. The molecule has 23 heavy (non-hydrogen) atoms. The van der Waals surface area contributed by atoms with Gasteiger partial charge in [-0.25, -0.2) is 0 Å². The van der Waals surface area contributed by atoms with Crippen LogP contribution in [0.25, 0.3) is 0 Å². The molecule has 1 aliphatic rings. The first-order valence-electron chi connectivity index (χ1n) is 7.73. The van der Waals surface area contributed by atoms with Crippen LogP contribution in [0.15, 0.2) is 6.20 Å². The molecular formula is C15H21ClN6O. The van der Waals surface area contributed by atoms with Gasteiger partial charge in [0.25, 0.3) is 5.91 Å². The number of hydrogen-bond acceptors (Lipinski definition) is 4. The van der Waals surface area contributed by atoms with Crippen LogP contribution in [0, 0.1) is 6.92 Å². The van der Waals surface area contributed by atoms with Crippen molar-refractivity contribution in [3.8, 4) is 0 Å². The second-order valence-corrected chi connectivity index (χ2v) is 6.45. The van der Waals surface area contributed by atoms with Crippen molar-refractivity contribution in [1.29, 1.82) is 0 Å². The molecule has 1 N–H and O–H groups in total. The van der Waals surface area contributed by atoms with E-state index >= 15 is 0 Å². The Balaban J connectivity index is 1.89. The molecule has 7 nitrogen and oxygen atoms in total. The lowest BCUT2D eigenvalue weighted by Gasteiger charge is -2.33. The number of carbonyl (C=O) groups is 1. The lowest BCUT2D eigenvalue weighted by atomic mass is 10.2. The van der Waals surface area contributed by atoms with Gasteiger partial charge >= 0.3 is 0 Å². The molecule has 0 unspecified atom stereocenters. The smallest absolute Gasteiger partial charge is 0.260 e. The molecule has 0 atom stereocenters. The van der Waals surface area contributed by atoms with Crippen LogP contribution in [-0.2, 0) is 7.05 Å². The van der Waals surface area contributed by atoms with Gasteiger partial charge in [0.15, 0.2) is 5.82 Å². The van der Waals surface area contributed by atoms with Crippen molar-refractivity contribution in [3.63, 3.8) is 0 Å². The third-order valence-electron chi connectivity index (χ3n) is 4.05. The molecule has 124 valence electrons. The van der Waals surface area contributed by atoms with Crippen molar-refractivity contribution in [2.75, 3.05) is 23.3 Å². The lowest BCUT2D eigenvalue weighted by Crippen LogP contribution is -2.39. The molecule has 0 aromatic carbocycles. The maximum absolute atomic E-state index is 12.6. The zero-order valence-electron chi connectivity index (χ0n) is 13.8. The summed E-state index contributed by atoms with van der Waals surface area (Å²) in [6.45, 7) is 7.78. The van der Waals surface area contributed by atoms with E-state index in [0.29, 0.717) is 10.7 Å². The Morgan fingerprint density at radius 1 is 1.39 bits per heavy atom. The number of anilines is 2. The highest BCUT2D eigenvalue weighted by atomic mass is 35.5. The van der Waals surface area contributed by atoms with Gasteiger partial charge in [0.1, 0.15) is 10.8 Å². The summed E-state index contributed by atoms with van der Waals surface area (Å²) < 4.78 is 3.44. The van der Waals surface area contributed by atoms with Gasteiger partial charge < -0.3 is 10.2 Å². The minimum absolute atomic E-state index is 0.0980. The predicted octanol–water partition coefficient (Wildman–Crippen LogP) is 2.62. The minimum atomic E-state index is -0.264. The maximum atomic E-state index is 12.6. The fraction of sp³-hybridized carbons (Fsp3) is 0.533. The van der Waals surface area contributed by atoms with Gasteiger partial charge in [-0.15, -0.1) is 0 Å². The Hall–Kier alpha value is -2.02. The summed E-state index contributed by atoms with van der Waals surface area (Å²) in [6.07, 6.45) is 2.66. The predicted molar refractivity (Wildman–Crippen MR) is 90.4 cm³/mol. The Kier molecular flexibility index (Phi) is 4.06. The van der Waals surface area contributed by atoms with Gasteiger partial charge in [-0.2, -0.15) is 10.2 Å². The molecule has 3 heterocycles. The molecular weight excluding hydrogens is 316 g/mol. The Bertz CT molecular complexity index is 743. The van der Waals surface area contributed by atoms with Crippen LogP contribution >= 0.6 is 11.6 Å². The van der Waals surface area contributed by atoms with Gasteiger partial charge in [0.2, 0.25) is 0 Å². The molecule has 1 saturated heterocycles. The van der Waals surface area contributed by atoms with Crippen molar-refractivity contribution >= 4 is 29.0 Å². The molecule has 3 rings (SSSR count). The highest BCUT2D eigenvalue weighted by molar-refractivity contribution is 6.33. The fourth-order valence-electron chi connectivity index (χ4n) is 2.72. The monoisotopic (exact) mass is 336 g/mol. The third-order valence-corrected chi connectivity index (χ3v) is 4.43. The number of rotatable bonds is 4. The molecule has 1 aliphatic heterocycles. The quantitative estimate of drug-likeness (QED) is 0.932. The van der Waals surface area contributed by atoms with Crippen molar-refractivity contribution in [2.24, 2.45) is 7.05 Å². The van der Waals surface area contributed by atoms with E-state index in [1.54, 1.807) is 4.68 Å². The largest absolute Gasteiger partial charge is 0.355 e. The Morgan fingerprint density at radius 2 is 2.09 bits per heavy atom. The first-order valence-corrected chi connectivity index (χ1v) is 8.10. The summed E-state index contributed by atoms with van der Waals surface area (Å²) >= 11 is 6.27. The molecule has 0 spiro atoms. The molecule has 2 aromatic rings. The summed E-state index contributed by atoms with van der Waals surface area (Å²) in [5.74, 6) is 0.675. The van der Waals surface area contributed by atoms with Crippen molar-refractivity contribution < 1.29 is 4.79 Å². The van der Waals surface area contributed by atoms with E-state index < -0.39 is 0 Å². The van der Waals surface area contributed by atoms with Crippen molar-refractivity contribution in [1.82, 2.24) is 19.6 Å². The summed E-state index contributed by atoms with van der Waals surface area (Å²) in [5, 5.41) is 11.9. The number of nitrogens with one attached hydrogen (secondary N) is 1. The van der Waals surface area contributed by atoms with E-state index in [4.69, 9.17) is 11.6 Å². The van der Waals surface area contributed by atoms with Gasteiger partial charge in [-0.05, 0) is 27.2 Å². The number of halogens is 1. The minimum Gasteiger partial charge on any atom is -0.355 e. The highest BCUT2D eigenvalue weighted by Gasteiger charge is 2.26. The summed E-state index contributed by atoms with van der Waals surface area (Å²) in [7, 11) is 1.89. The molecule has 0 bridgehead atoms. The van der Waals surface area contributed by atoms with Gasteiger partial charge in [0, 0.05) is 26.2 Å². The zero-order chi connectivity index (χ0) is 16.7. The van der Waals surface area contributed by atoms with Crippen LogP contribution in [-0.4, -0.2) is 38.6 Å². The molecule has 1 fully saturated rings. The van der Waals surface area contributed by atoms with Gasteiger partial charge in [-0.1, -0.05) is 11.6 Å². The van der Waals surface area contributed by atoms with Crippen molar-refractivity contribution in [3.05, 3.63) is 22.6 Å². The lowest BCUT2D eigenvalue weighted by molar-refractivity contribution is 0.102. The first-order chi connectivity index (χ1) is 10.9. The van der Waals surface area contributed by atoms with Gasteiger partial charge in [0.05, 0.1) is 17.5 Å². The van der Waals surface area contributed by atoms with Crippen LogP contribution in [0.5, 0.6) is 0 Å². The first kappa shape index (κ1) is 15.9. The second-order valence-electron chi connectivity index (χ2n) is 6.09. The van der Waals surface area contributed by atoms with E-state index in [0.717, 1.165) is 36.7 Å². The average Bonchev–Trinajstić information content (AvgIpc) is 2.92. The molecule has 8 heteroatoms. The fourth-order valence-corrected chi connectivity index (χ4v) is 3.10. The van der Waals surface area contributed by atoms with E-state index in [1.165, 1.54) is 6.20 Å². The summed E-state index contributed by atoms with van der Waals surface area (Å²) in [4.78, 5) is 14.8. The van der Waals surface area contributed by atoms with E-state index in [-0.39, 0.29) is 11.9 Å². The van der Waals surface area contributed by atoms with Crippen LogP contribution < -0.4 is 10.2 Å². The molecule has 0 aliphatic carbocycles. The van der Waals surface area contributed by atoms with Crippen LogP contribution in [0.4, 0.5) is 11.5 Å². The Labute approximate surface area is 140 Å². The van der Waals surface area contributed by atoms with E-state index in [1.807, 2.05) is 32.5 Å². The average molecular weight is 337 g/mol. The Morgan fingerprint density at radius 3 is 2.61 bits per heavy atom. The van der Waals surface area contributed by atoms with Gasteiger partial charge in [-0.3, -0.25) is 14.2 Å². The number of carbonyl (C=O) groups excluding carboxylic acids is 1.